The van der Waals surface area contributed by atoms with Crippen molar-refractivity contribution in [3.63, 3.8) is 0 Å². The molecule has 0 aliphatic rings. The van der Waals surface area contributed by atoms with Gasteiger partial charge in [0.15, 0.2) is 5.69 Å². The molecule has 0 radical (unpaired) electrons. The van der Waals surface area contributed by atoms with Gasteiger partial charge in [-0.05, 0) is 23.6 Å². The van der Waals surface area contributed by atoms with Crippen LogP contribution in [0.2, 0.25) is 0 Å². The molecule has 0 unspecified atom stereocenters. The first-order chi connectivity index (χ1) is 23.0. The van der Waals surface area contributed by atoms with Crippen molar-refractivity contribution < 1.29 is 71.2 Å². The monoisotopic (exact) mass is 707 g/mol. The average Bonchev–Trinajstić information content (AvgIpc) is 3.37. The third-order valence-electron chi connectivity index (χ3n) is 6.74. The van der Waals surface area contributed by atoms with Gasteiger partial charge < -0.3 is 25.5 Å². The SMILES string of the molecule is Cc1[n-][n+](-c2ccccc2)c(O)c1N=Nc1cc([N+](=O)[O-])ccc1O.O=[N+]([O-])c1ccc(O)c(N=Nc2c(O)ccc3ccccc23)c1.[Cr].[Li+]. The van der Waals surface area contributed by atoms with Crippen LogP contribution in [0.4, 0.5) is 34.1 Å². The molecule has 16 nitrogen and oxygen atoms in total. The number of benzene rings is 5. The Morgan fingerprint density at radius 2 is 1.14 bits per heavy atom. The summed E-state index contributed by atoms with van der Waals surface area (Å²) in [4.78, 5) is 20.4. The summed E-state index contributed by atoms with van der Waals surface area (Å²) >= 11 is 0. The molecule has 0 amide bonds. The summed E-state index contributed by atoms with van der Waals surface area (Å²) in [6.45, 7) is 1.64. The number of hydrogen-bond acceptors (Lipinski definition) is 12. The molecule has 5 aromatic carbocycles. The second-order valence-electron chi connectivity index (χ2n) is 9.92. The van der Waals surface area contributed by atoms with Crippen LogP contribution in [0.5, 0.6) is 23.1 Å². The zero-order valence-electron chi connectivity index (χ0n) is 26.2. The Labute approximate surface area is 305 Å². The van der Waals surface area contributed by atoms with Gasteiger partial charge >= 0.3 is 24.7 Å². The largest absolute Gasteiger partial charge is 1.00 e. The van der Waals surface area contributed by atoms with Crippen molar-refractivity contribution in [2.45, 2.75) is 6.92 Å². The number of fused-ring (bicyclic) bond motifs is 1. The van der Waals surface area contributed by atoms with Crippen molar-refractivity contribution in [3.8, 4) is 28.8 Å². The van der Waals surface area contributed by atoms with Crippen LogP contribution >= 0.6 is 0 Å². The summed E-state index contributed by atoms with van der Waals surface area (Å²) < 4.78 is 1.30. The molecule has 6 rings (SSSR count). The number of phenolic OH excluding ortho intramolecular Hbond substituents is 3. The van der Waals surface area contributed by atoms with Crippen molar-refractivity contribution in [3.05, 3.63) is 129 Å². The van der Waals surface area contributed by atoms with Gasteiger partial charge in [-0.3, -0.25) is 20.2 Å². The second kappa shape index (κ2) is 16.8. The number of nitro benzene ring substituents is 2. The number of rotatable bonds is 7. The molecule has 0 bridgehead atoms. The van der Waals surface area contributed by atoms with Gasteiger partial charge in [-0.2, -0.15) is 4.68 Å². The van der Waals surface area contributed by atoms with E-state index in [1.54, 1.807) is 49.4 Å². The van der Waals surface area contributed by atoms with E-state index in [-0.39, 0.29) is 93.5 Å². The van der Waals surface area contributed by atoms with E-state index in [0.29, 0.717) is 16.8 Å². The van der Waals surface area contributed by atoms with Crippen molar-refractivity contribution in [2.24, 2.45) is 20.5 Å². The molecule has 0 aliphatic carbocycles. The number of aromatic hydroxyl groups is 4. The molecular weight excluding hydrogens is 683 g/mol. The van der Waals surface area contributed by atoms with Crippen LogP contribution < -0.4 is 28.6 Å². The number of phenols is 3. The fourth-order valence-corrected chi connectivity index (χ4v) is 4.34. The quantitative estimate of drug-likeness (QED) is 0.0598. The van der Waals surface area contributed by atoms with E-state index in [0.717, 1.165) is 29.7 Å². The van der Waals surface area contributed by atoms with E-state index in [1.807, 2.05) is 18.2 Å². The fraction of sp³-hybridized carbons (Fsp3) is 0.0312. The van der Waals surface area contributed by atoms with Crippen molar-refractivity contribution in [2.75, 3.05) is 0 Å². The van der Waals surface area contributed by atoms with Crippen molar-refractivity contribution in [1.82, 2.24) is 5.10 Å². The Morgan fingerprint density at radius 1 is 0.640 bits per heavy atom. The topological polar surface area (TPSA) is 235 Å². The Kier molecular flexibility index (Phi) is 12.9. The summed E-state index contributed by atoms with van der Waals surface area (Å²) in [5, 5.41) is 82.6. The molecule has 6 aromatic rings. The fourth-order valence-electron chi connectivity index (χ4n) is 4.34. The third-order valence-corrected chi connectivity index (χ3v) is 6.74. The van der Waals surface area contributed by atoms with Crippen LogP contribution in [0.15, 0.2) is 124 Å². The molecule has 0 spiro atoms. The van der Waals surface area contributed by atoms with Crippen LogP contribution in [0.3, 0.4) is 0 Å². The summed E-state index contributed by atoms with van der Waals surface area (Å²) in [5.41, 5.74) is 0.820. The molecular formula is C32H24CrLiN8O8+. The second-order valence-corrected chi connectivity index (χ2v) is 9.92. The molecule has 0 atom stereocenters. The van der Waals surface area contributed by atoms with Crippen LogP contribution in [0.1, 0.15) is 5.69 Å². The van der Waals surface area contributed by atoms with E-state index in [1.165, 1.54) is 22.9 Å². The first-order valence-electron chi connectivity index (χ1n) is 13.9. The minimum absolute atomic E-state index is 0. The molecule has 0 fully saturated rings. The Balaban J connectivity index is 0.000000261. The number of nitro groups is 2. The van der Waals surface area contributed by atoms with Gasteiger partial charge in [0.25, 0.3) is 11.4 Å². The molecule has 1 aromatic heterocycles. The number of aryl methyl sites for hydroxylation is 1. The number of aromatic nitrogens is 2. The number of azo groups is 2. The van der Waals surface area contributed by atoms with E-state index in [2.05, 4.69) is 25.6 Å². The normalized spacial score (nSPS) is 10.7. The van der Waals surface area contributed by atoms with Gasteiger partial charge in [-0.15, -0.1) is 20.5 Å². The summed E-state index contributed by atoms with van der Waals surface area (Å²) in [6.07, 6.45) is 0. The van der Waals surface area contributed by atoms with Crippen molar-refractivity contribution in [1.29, 1.82) is 0 Å². The smallest absolute Gasteiger partial charge is 0.506 e. The van der Waals surface area contributed by atoms with Gasteiger partial charge in [-0.1, -0.05) is 61.1 Å². The molecule has 246 valence electrons. The Bertz CT molecular complexity index is 2230. The molecule has 4 N–H and O–H groups in total. The van der Waals surface area contributed by atoms with Crippen LogP contribution in [-0.2, 0) is 17.4 Å². The average molecular weight is 708 g/mol. The first kappa shape index (κ1) is 38.3. The van der Waals surface area contributed by atoms with E-state index in [9.17, 15) is 40.7 Å². The van der Waals surface area contributed by atoms with Gasteiger partial charge in [0, 0.05) is 59.1 Å². The van der Waals surface area contributed by atoms with Crippen LogP contribution in [-0.4, -0.2) is 30.3 Å². The number of hydrogen-bond donors (Lipinski definition) is 4. The number of para-hydroxylation sites is 1. The standard InChI is InChI=1S/C16H13N5O4.C16H11N3O4.Cr.Li/c1-10-15(16(23)20(19-10)11-5-3-2-4-6-11)18-17-13-9-12(21(24)25)7-8-14(13)22;20-14-8-6-11(19(22)23)9-13(14)17-18-16-12-4-2-1-3-10(12)5-7-15(16)21;;/h2-9,22-23H,1H3;1-9,20-21H;;/q;;;+1. The molecule has 50 heavy (non-hydrogen) atoms. The summed E-state index contributed by atoms with van der Waals surface area (Å²) in [6, 6.07) is 26.3. The number of non-ortho nitro benzene ring substituents is 2. The Morgan fingerprint density at radius 3 is 1.70 bits per heavy atom. The maximum atomic E-state index is 10.8. The summed E-state index contributed by atoms with van der Waals surface area (Å²) in [5.74, 6) is -0.796. The zero-order valence-corrected chi connectivity index (χ0v) is 27.5. The van der Waals surface area contributed by atoms with Gasteiger partial charge in [-0.25, -0.2) is 0 Å². The maximum Gasteiger partial charge on any atom is 1.00 e. The molecule has 0 saturated carbocycles. The molecule has 1 heterocycles. The molecule has 0 aliphatic heterocycles. The maximum absolute atomic E-state index is 10.8. The zero-order chi connectivity index (χ0) is 34.4. The predicted molar refractivity (Wildman–Crippen MR) is 171 cm³/mol. The first-order valence-corrected chi connectivity index (χ1v) is 13.9. The molecule has 18 heteroatoms. The minimum atomic E-state index is -0.603. The minimum Gasteiger partial charge on any atom is -0.506 e. The van der Waals surface area contributed by atoms with Crippen molar-refractivity contribution >= 4 is 44.9 Å². The summed E-state index contributed by atoms with van der Waals surface area (Å²) in [7, 11) is 0. The van der Waals surface area contributed by atoms with E-state index < -0.39 is 9.85 Å². The van der Waals surface area contributed by atoms with Crippen LogP contribution in [0, 0.1) is 27.2 Å². The molecule has 0 saturated heterocycles. The van der Waals surface area contributed by atoms with Gasteiger partial charge in [0.2, 0.25) is 5.69 Å². The third kappa shape index (κ3) is 8.67. The van der Waals surface area contributed by atoms with Gasteiger partial charge in [0.05, 0.1) is 9.85 Å². The predicted octanol–water partition coefficient (Wildman–Crippen LogP) is 4.54. The van der Waals surface area contributed by atoms with Gasteiger partial charge in [0.1, 0.15) is 34.3 Å². The Hall–Kier alpha value is -6.10. The van der Waals surface area contributed by atoms with Crippen LogP contribution in [0.25, 0.3) is 16.5 Å². The van der Waals surface area contributed by atoms with E-state index in [4.69, 9.17) is 0 Å². The van der Waals surface area contributed by atoms with E-state index >= 15 is 0 Å². The number of nitrogens with zero attached hydrogens (tertiary/aromatic N) is 8.